The van der Waals surface area contributed by atoms with E-state index in [1.165, 1.54) is 6.20 Å². The minimum atomic E-state index is -0.777. The zero-order valence-electron chi connectivity index (χ0n) is 16.7. The lowest BCUT2D eigenvalue weighted by Crippen LogP contribution is -2.51. The molecule has 3 aromatic rings. The number of aliphatic hydroxyl groups is 1. The summed E-state index contributed by atoms with van der Waals surface area (Å²) in [6.07, 6.45) is 5.35. The lowest BCUT2D eigenvalue weighted by molar-refractivity contribution is -0.608. The Morgan fingerprint density at radius 3 is 2.90 bits per heavy atom. The number of carbonyl (C=O) groups is 1. The van der Waals surface area contributed by atoms with Crippen molar-refractivity contribution in [1.29, 1.82) is 0 Å². The second-order valence-electron chi connectivity index (χ2n) is 7.50. The summed E-state index contributed by atoms with van der Waals surface area (Å²) in [4.78, 5) is 12.7. The predicted molar refractivity (Wildman–Crippen MR) is 109 cm³/mol. The number of aryl methyl sites for hydroxylation is 1. The third-order valence-corrected chi connectivity index (χ3v) is 5.34. The number of pyridine rings is 1. The number of benzene rings is 1. The number of aromatic nitrogens is 3. The molecule has 2 aromatic heterocycles. The minimum Gasteiger partial charge on any atom is -0.618 e. The van der Waals surface area contributed by atoms with E-state index in [1.807, 2.05) is 43.5 Å². The molecular weight excluding hydrogens is 384 g/mol. The van der Waals surface area contributed by atoms with Gasteiger partial charge >= 0.3 is 5.91 Å². The molecule has 1 aromatic carbocycles. The van der Waals surface area contributed by atoms with Gasteiger partial charge in [0.2, 0.25) is 0 Å². The lowest BCUT2D eigenvalue weighted by atomic mass is 10.0. The van der Waals surface area contributed by atoms with Gasteiger partial charge in [-0.2, -0.15) is 9.83 Å². The quantitative estimate of drug-likeness (QED) is 0.489. The van der Waals surface area contributed by atoms with Crippen molar-refractivity contribution in [2.75, 3.05) is 13.2 Å². The van der Waals surface area contributed by atoms with Crippen molar-refractivity contribution in [3.63, 3.8) is 0 Å². The van der Waals surface area contributed by atoms with Gasteiger partial charge in [-0.1, -0.05) is 12.1 Å². The van der Waals surface area contributed by atoms with Gasteiger partial charge in [-0.25, -0.2) is 4.68 Å². The number of hydrogen-bond donors (Lipinski definition) is 2. The molecule has 1 fully saturated rings. The molecule has 0 spiro atoms. The van der Waals surface area contributed by atoms with Crippen molar-refractivity contribution < 1.29 is 19.4 Å². The molecule has 1 aliphatic rings. The number of nitrogens with one attached hydrogen (secondary N) is 1. The molecule has 1 amide bonds. The van der Waals surface area contributed by atoms with Gasteiger partial charge in [-0.15, -0.1) is 0 Å². The smallest absolute Gasteiger partial charge is 0.317 e. The zero-order chi connectivity index (χ0) is 21.1. The van der Waals surface area contributed by atoms with Crippen LogP contribution in [0.1, 0.15) is 33.6 Å². The lowest BCUT2D eigenvalue weighted by Gasteiger charge is -2.28. The molecule has 1 saturated heterocycles. The number of rotatable bonds is 5. The standard InChI is InChI=1S/C22H24N4O4/c1-15-13-26(29)20(22(28)24-19-7-10-30-14-21(19)27)12-17(15)11-16-3-5-18(6-4-16)25-9-2-8-23-25/h2-6,8-9,12-13,19,21,27H,7,10-11,14H2,1H3,(H,24,28). The summed E-state index contributed by atoms with van der Waals surface area (Å²) < 4.78 is 7.55. The highest BCUT2D eigenvalue weighted by Crippen LogP contribution is 2.16. The van der Waals surface area contributed by atoms with Crippen LogP contribution in [0, 0.1) is 12.1 Å². The summed E-state index contributed by atoms with van der Waals surface area (Å²) >= 11 is 0. The fourth-order valence-electron chi connectivity index (χ4n) is 3.57. The van der Waals surface area contributed by atoms with Crippen molar-refractivity contribution in [3.8, 4) is 5.69 Å². The molecule has 0 radical (unpaired) electrons. The molecule has 4 rings (SSSR count). The van der Waals surface area contributed by atoms with Crippen LogP contribution in [0.25, 0.3) is 5.69 Å². The van der Waals surface area contributed by atoms with Crippen LogP contribution in [0.3, 0.4) is 0 Å². The van der Waals surface area contributed by atoms with Crippen molar-refractivity contribution in [2.24, 2.45) is 0 Å². The normalized spacial score (nSPS) is 18.9. The van der Waals surface area contributed by atoms with Gasteiger partial charge in [0.25, 0.3) is 5.69 Å². The van der Waals surface area contributed by atoms with E-state index in [0.717, 1.165) is 22.4 Å². The van der Waals surface area contributed by atoms with E-state index in [0.29, 0.717) is 24.2 Å². The summed E-state index contributed by atoms with van der Waals surface area (Å²) in [5, 5.41) is 29.3. The topological polar surface area (TPSA) is 103 Å². The number of hydrogen-bond acceptors (Lipinski definition) is 5. The summed E-state index contributed by atoms with van der Waals surface area (Å²) in [6, 6.07) is 11.0. The Balaban J connectivity index is 1.52. The molecule has 156 valence electrons. The SMILES string of the molecule is Cc1c[n+]([O-])c(C(=O)NC2CCOCC2O)cc1Cc1ccc(-n2cccn2)cc1. The molecule has 30 heavy (non-hydrogen) atoms. The molecular formula is C22H24N4O4. The maximum Gasteiger partial charge on any atom is 0.317 e. The summed E-state index contributed by atoms with van der Waals surface area (Å²) in [6.45, 7) is 2.49. The van der Waals surface area contributed by atoms with E-state index in [9.17, 15) is 15.1 Å². The van der Waals surface area contributed by atoms with E-state index in [4.69, 9.17) is 4.74 Å². The number of amides is 1. The van der Waals surface area contributed by atoms with E-state index in [-0.39, 0.29) is 12.3 Å². The predicted octanol–water partition coefficient (Wildman–Crippen LogP) is 1.28. The molecule has 0 bridgehead atoms. The molecule has 3 heterocycles. The average molecular weight is 408 g/mol. The van der Waals surface area contributed by atoms with E-state index in [2.05, 4.69) is 10.4 Å². The third kappa shape index (κ3) is 4.34. The molecule has 2 unspecified atom stereocenters. The molecule has 8 nitrogen and oxygen atoms in total. The van der Waals surface area contributed by atoms with Crippen LogP contribution in [0.5, 0.6) is 0 Å². The second-order valence-corrected chi connectivity index (χ2v) is 7.50. The van der Waals surface area contributed by atoms with E-state index in [1.54, 1.807) is 16.9 Å². The highest BCUT2D eigenvalue weighted by Gasteiger charge is 2.28. The highest BCUT2D eigenvalue weighted by molar-refractivity contribution is 5.91. The first-order valence-corrected chi connectivity index (χ1v) is 9.89. The first-order chi connectivity index (χ1) is 14.5. The highest BCUT2D eigenvalue weighted by atomic mass is 16.5. The molecule has 2 N–H and O–H groups in total. The summed E-state index contributed by atoms with van der Waals surface area (Å²) in [7, 11) is 0. The van der Waals surface area contributed by atoms with Crippen LogP contribution in [-0.2, 0) is 11.2 Å². The Morgan fingerprint density at radius 2 is 2.20 bits per heavy atom. The molecule has 2 atom stereocenters. The van der Waals surface area contributed by atoms with Crippen LogP contribution < -0.4 is 10.0 Å². The zero-order valence-corrected chi connectivity index (χ0v) is 16.7. The van der Waals surface area contributed by atoms with Crippen LogP contribution in [0.4, 0.5) is 0 Å². The summed E-state index contributed by atoms with van der Waals surface area (Å²) in [5.41, 5.74) is 3.74. The number of nitrogens with zero attached hydrogens (tertiary/aromatic N) is 3. The monoisotopic (exact) mass is 408 g/mol. The third-order valence-electron chi connectivity index (χ3n) is 5.34. The fourth-order valence-corrected chi connectivity index (χ4v) is 3.57. The largest absolute Gasteiger partial charge is 0.618 e. The Bertz CT molecular complexity index is 1020. The summed E-state index contributed by atoms with van der Waals surface area (Å²) in [5.74, 6) is -0.494. The van der Waals surface area contributed by atoms with Gasteiger partial charge in [0, 0.05) is 30.6 Å². The Kier molecular flexibility index (Phi) is 5.78. The van der Waals surface area contributed by atoms with E-state index >= 15 is 0 Å². The number of carbonyl (C=O) groups excluding carboxylic acids is 1. The maximum atomic E-state index is 12.7. The Hall–Kier alpha value is -3.23. The van der Waals surface area contributed by atoms with Crippen molar-refractivity contribution in [1.82, 2.24) is 15.1 Å². The fraction of sp³-hybridized carbons (Fsp3) is 0.318. The van der Waals surface area contributed by atoms with E-state index < -0.39 is 18.1 Å². The molecule has 1 aliphatic heterocycles. The van der Waals surface area contributed by atoms with Crippen LogP contribution >= 0.6 is 0 Å². The van der Waals surface area contributed by atoms with Gasteiger partial charge in [0.05, 0.1) is 24.4 Å². The maximum absolute atomic E-state index is 12.7. The van der Waals surface area contributed by atoms with Crippen molar-refractivity contribution in [2.45, 2.75) is 31.9 Å². The van der Waals surface area contributed by atoms with Gasteiger partial charge in [-0.3, -0.25) is 4.79 Å². The van der Waals surface area contributed by atoms with Gasteiger partial charge < -0.3 is 20.4 Å². The minimum absolute atomic E-state index is 0.0162. The van der Waals surface area contributed by atoms with Gasteiger partial charge in [0.1, 0.15) is 0 Å². The first-order valence-electron chi connectivity index (χ1n) is 9.89. The number of aliphatic hydroxyl groups excluding tert-OH is 1. The van der Waals surface area contributed by atoms with Crippen LogP contribution in [0.15, 0.2) is 55.0 Å². The Morgan fingerprint density at radius 1 is 1.40 bits per heavy atom. The first kappa shape index (κ1) is 20.1. The van der Waals surface area contributed by atoms with Crippen molar-refractivity contribution in [3.05, 3.63) is 82.6 Å². The van der Waals surface area contributed by atoms with Gasteiger partial charge in [-0.05, 0) is 49.1 Å². The van der Waals surface area contributed by atoms with Gasteiger partial charge in [0.15, 0.2) is 6.20 Å². The average Bonchev–Trinajstić information content (AvgIpc) is 3.27. The van der Waals surface area contributed by atoms with Crippen LogP contribution in [-0.4, -0.2) is 46.2 Å². The molecule has 8 heteroatoms. The van der Waals surface area contributed by atoms with Crippen LogP contribution in [0.2, 0.25) is 0 Å². The second kappa shape index (κ2) is 8.64. The molecule has 0 saturated carbocycles. The molecule has 0 aliphatic carbocycles. The Labute approximate surface area is 174 Å². The number of ether oxygens (including phenoxy) is 1. The van der Waals surface area contributed by atoms with Crippen molar-refractivity contribution >= 4 is 5.91 Å².